The van der Waals surface area contributed by atoms with Gasteiger partial charge in [0.05, 0.1) is 0 Å². The molecule has 156 valence electrons. The highest BCUT2D eigenvalue weighted by Gasteiger charge is 2.25. The average molecular weight is 404 g/mol. The van der Waals surface area contributed by atoms with E-state index in [9.17, 15) is 4.79 Å². The molecule has 1 unspecified atom stereocenters. The van der Waals surface area contributed by atoms with Crippen molar-refractivity contribution in [3.63, 3.8) is 0 Å². The lowest BCUT2D eigenvalue weighted by molar-refractivity contribution is -0.133. The molecule has 0 bridgehead atoms. The van der Waals surface area contributed by atoms with E-state index in [1.54, 1.807) is 0 Å². The predicted molar refractivity (Wildman–Crippen MR) is 117 cm³/mol. The van der Waals surface area contributed by atoms with Gasteiger partial charge >= 0.3 is 0 Å². The van der Waals surface area contributed by atoms with Crippen LogP contribution in [0.5, 0.6) is 0 Å². The fourth-order valence-corrected chi connectivity index (χ4v) is 4.25. The SMILES string of the molecule is Cc1cccc(CCC(=O)N2CCCC(Cc3nc(-c4ccccc4C)no3)C2)c1. The summed E-state index contributed by atoms with van der Waals surface area (Å²) in [7, 11) is 0. The molecular formula is C25H29N3O2. The smallest absolute Gasteiger partial charge is 0.227 e. The molecule has 1 aromatic heterocycles. The fourth-order valence-electron chi connectivity index (χ4n) is 4.25. The Morgan fingerprint density at radius 1 is 1.17 bits per heavy atom. The number of carbonyl (C=O) groups excluding carboxylic acids is 1. The zero-order chi connectivity index (χ0) is 20.9. The van der Waals surface area contributed by atoms with Gasteiger partial charge in [-0.3, -0.25) is 4.79 Å². The molecule has 1 amide bonds. The van der Waals surface area contributed by atoms with Crippen LogP contribution in [0.25, 0.3) is 11.4 Å². The number of likely N-dealkylation sites (tertiary alicyclic amines) is 1. The number of hydrogen-bond acceptors (Lipinski definition) is 4. The summed E-state index contributed by atoms with van der Waals surface area (Å²) in [6, 6.07) is 16.5. The second-order valence-corrected chi connectivity index (χ2v) is 8.37. The molecule has 3 aromatic rings. The average Bonchev–Trinajstić information content (AvgIpc) is 3.21. The Morgan fingerprint density at radius 3 is 2.87 bits per heavy atom. The molecule has 5 heteroatoms. The molecule has 0 radical (unpaired) electrons. The van der Waals surface area contributed by atoms with Crippen LogP contribution in [0.2, 0.25) is 0 Å². The van der Waals surface area contributed by atoms with Gasteiger partial charge in [0, 0.05) is 31.5 Å². The summed E-state index contributed by atoms with van der Waals surface area (Å²) in [5, 5.41) is 4.17. The number of piperidine rings is 1. The summed E-state index contributed by atoms with van der Waals surface area (Å²) in [6.07, 6.45) is 4.20. The first-order valence-corrected chi connectivity index (χ1v) is 10.8. The fraction of sp³-hybridized carbons (Fsp3) is 0.400. The van der Waals surface area contributed by atoms with Crippen molar-refractivity contribution < 1.29 is 9.32 Å². The standard InChI is InChI=1S/C25H29N3O2/c1-18-7-5-9-20(15-18)12-13-24(29)28-14-6-10-21(17-28)16-23-26-25(27-30-23)22-11-4-3-8-19(22)2/h3-5,7-9,11,15,21H,6,10,12-14,16-17H2,1-2H3. The second kappa shape index (κ2) is 9.24. The molecule has 4 rings (SSSR count). The molecule has 30 heavy (non-hydrogen) atoms. The lowest BCUT2D eigenvalue weighted by atomic mass is 9.94. The van der Waals surface area contributed by atoms with E-state index < -0.39 is 0 Å². The molecule has 0 spiro atoms. The Morgan fingerprint density at radius 2 is 2.03 bits per heavy atom. The first-order chi connectivity index (χ1) is 14.6. The lowest BCUT2D eigenvalue weighted by Crippen LogP contribution is -2.40. The van der Waals surface area contributed by atoms with Crippen LogP contribution in [0.1, 0.15) is 41.8 Å². The second-order valence-electron chi connectivity index (χ2n) is 8.37. The maximum Gasteiger partial charge on any atom is 0.227 e. The van der Waals surface area contributed by atoms with Crippen LogP contribution in [0, 0.1) is 19.8 Å². The minimum atomic E-state index is 0.243. The summed E-state index contributed by atoms with van der Waals surface area (Å²) in [5.74, 6) is 1.91. The van der Waals surface area contributed by atoms with E-state index in [0.29, 0.717) is 24.1 Å². The number of aromatic nitrogens is 2. The van der Waals surface area contributed by atoms with E-state index in [4.69, 9.17) is 4.52 Å². The number of amides is 1. The van der Waals surface area contributed by atoms with E-state index in [1.165, 1.54) is 11.1 Å². The van der Waals surface area contributed by atoms with Crippen molar-refractivity contribution in [1.29, 1.82) is 0 Å². The molecule has 1 aliphatic rings. The van der Waals surface area contributed by atoms with Gasteiger partial charge in [-0.05, 0) is 50.2 Å². The Kier molecular flexibility index (Phi) is 6.26. The van der Waals surface area contributed by atoms with Crippen molar-refractivity contribution in [2.45, 2.75) is 46.0 Å². The van der Waals surface area contributed by atoms with Crippen LogP contribution in [0.15, 0.2) is 53.1 Å². The van der Waals surface area contributed by atoms with Gasteiger partial charge in [-0.15, -0.1) is 0 Å². The number of carbonyl (C=O) groups is 1. The zero-order valence-corrected chi connectivity index (χ0v) is 17.8. The molecule has 0 saturated carbocycles. The quantitative estimate of drug-likeness (QED) is 0.595. The van der Waals surface area contributed by atoms with Gasteiger partial charge < -0.3 is 9.42 Å². The number of aryl methyl sites for hydroxylation is 3. The minimum absolute atomic E-state index is 0.243. The molecule has 1 atom stereocenters. The maximum absolute atomic E-state index is 12.8. The Labute approximate surface area is 178 Å². The summed E-state index contributed by atoms with van der Waals surface area (Å²) in [4.78, 5) is 19.4. The van der Waals surface area contributed by atoms with Crippen molar-refractivity contribution in [3.8, 4) is 11.4 Å². The number of rotatable bonds is 6. The molecule has 1 fully saturated rings. The molecule has 1 aliphatic heterocycles. The molecule has 0 aliphatic carbocycles. The first-order valence-electron chi connectivity index (χ1n) is 10.8. The van der Waals surface area contributed by atoms with Gasteiger partial charge in [0.15, 0.2) is 0 Å². The minimum Gasteiger partial charge on any atom is -0.342 e. The molecule has 5 nitrogen and oxygen atoms in total. The summed E-state index contributed by atoms with van der Waals surface area (Å²) in [6.45, 7) is 5.76. The molecular weight excluding hydrogens is 374 g/mol. The van der Waals surface area contributed by atoms with E-state index in [-0.39, 0.29) is 5.91 Å². The third-order valence-electron chi connectivity index (χ3n) is 5.90. The van der Waals surface area contributed by atoms with E-state index in [1.807, 2.05) is 36.1 Å². The third-order valence-corrected chi connectivity index (χ3v) is 5.90. The summed E-state index contributed by atoms with van der Waals surface area (Å²) in [5.41, 5.74) is 4.60. The van der Waals surface area contributed by atoms with Crippen molar-refractivity contribution in [2.24, 2.45) is 5.92 Å². The van der Waals surface area contributed by atoms with Crippen LogP contribution in [0.4, 0.5) is 0 Å². The van der Waals surface area contributed by atoms with Crippen molar-refractivity contribution in [2.75, 3.05) is 13.1 Å². The lowest BCUT2D eigenvalue weighted by Gasteiger charge is -2.32. The monoisotopic (exact) mass is 403 g/mol. The van der Waals surface area contributed by atoms with Gasteiger partial charge in [-0.2, -0.15) is 4.98 Å². The Bertz CT molecular complexity index is 1010. The Balaban J connectivity index is 1.33. The first kappa shape index (κ1) is 20.3. The topological polar surface area (TPSA) is 59.2 Å². The summed E-state index contributed by atoms with van der Waals surface area (Å²) >= 11 is 0. The third kappa shape index (κ3) is 4.96. The molecule has 2 aromatic carbocycles. The highest BCUT2D eigenvalue weighted by Crippen LogP contribution is 2.24. The highest BCUT2D eigenvalue weighted by atomic mass is 16.5. The molecule has 1 saturated heterocycles. The van der Waals surface area contributed by atoms with Crippen LogP contribution < -0.4 is 0 Å². The normalized spacial score (nSPS) is 16.6. The van der Waals surface area contributed by atoms with Crippen LogP contribution in [-0.4, -0.2) is 34.0 Å². The van der Waals surface area contributed by atoms with Gasteiger partial charge in [0.2, 0.25) is 17.6 Å². The number of nitrogens with zero attached hydrogens (tertiary/aromatic N) is 3. The van der Waals surface area contributed by atoms with Crippen LogP contribution >= 0.6 is 0 Å². The highest BCUT2D eigenvalue weighted by molar-refractivity contribution is 5.76. The van der Waals surface area contributed by atoms with Gasteiger partial charge in [-0.25, -0.2) is 0 Å². The van der Waals surface area contributed by atoms with E-state index >= 15 is 0 Å². The van der Waals surface area contributed by atoms with Crippen LogP contribution in [-0.2, 0) is 17.6 Å². The molecule has 0 N–H and O–H groups in total. The van der Waals surface area contributed by atoms with Crippen LogP contribution in [0.3, 0.4) is 0 Å². The summed E-state index contributed by atoms with van der Waals surface area (Å²) < 4.78 is 5.52. The van der Waals surface area contributed by atoms with E-state index in [0.717, 1.165) is 49.9 Å². The maximum atomic E-state index is 12.8. The number of hydrogen-bond donors (Lipinski definition) is 0. The van der Waals surface area contributed by atoms with E-state index in [2.05, 4.69) is 41.3 Å². The number of benzene rings is 2. The zero-order valence-electron chi connectivity index (χ0n) is 17.8. The predicted octanol–water partition coefficient (Wildman–Crippen LogP) is 4.77. The van der Waals surface area contributed by atoms with Gasteiger partial charge in [-0.1, -0.05) is 59.3 Å². The Hall–Kier alpha value is -2.95. The van der Waals surface area contributed by atoms with Gasteiger partial charge in [0.25, 0.3) is 0 Å². The molecule has 2 heterocycles. The van der Waals surface area contributed by atoms with Crippen molar-refractivity contribution in [1.82, 2.24) is 15.0 Å². The van der Waals surface area contributed by atoms with Crippen molar-refractivity contribution in [3.05, 3.63) is 71.1 Å². The van der Waals surface area contributed by atoms with Gasteiger partial charge in [0.1, 0.15) is 0 Å². The largest absolute Gasteiger partial charge is 0.342 e. The van der Waals surface area contributed by atoms with Crippen molar-refractivity contribution >= 4 is 5.91 Å².